The molecule has 174 valence electrons. The topological polar surface area (TPSA) is 89.7 Å². The summed E-state index contributed by atoms with van der Waals surface area (Å²) in [5.74, 6) is 0.949. The first-order valence-electron chi connectivity index (χ1n) is 11.3. The monoisotopic (exact) mass is 493 g/mol. The first-order valence-corrected chi connectivity index (χ1v) is 13.1. The van der Waals surface area contributed by atoms with E-state index in [0.717, 1.165) is 39.7 Å². The fourth-order valence-electron chi connectivity index (χ4n) is 4.68. The third-order valence-electron chi connectivity index (χ3n) is 6.35. The highest BCUT2D eigenvalue weighted by Gasteiger charge is 2.35. The molecule has 1 aromatic carbocycles. The van der Waals surface area contributed by atoms with Crippen molar-refractivity contribution >= 4 is 50.8 Å². The number of nitrogens with zero attached hydrogens (tertiary/aromatic N) is 5. The summed E-state index contributed by atoms with van der Waals surface area (Å²) in [5.41, 5.74) is 2.79. The predicted octanol–water partition coefficient (Wildman–Crippen LogP) is 4.14. The van der Waals surface area contributed by atoms with Gasteiger partial charge in [-0.2, -0.15) is 0 Å². The zero-order chi connectivity index (χ0) is 23.6. The van der Waals surface area contributed by atoms with Crippen LogP contribution in [0.4, 0.5) is 0 Å². The lowest BCUT2D eigenvalue weighted by Gasteiger charge is -2.30. The van der Waals surface area contributed by atoms with Crippen molar-refractivity contribution in [2.45, 2.75) is 51.0 Å². The van der Waals surface area contributed by atoms with Crippen molar-refractivity contribution in [1.29, 1.82) is 0 Å². The zero-order valence-corrected chi connectivity index (χ0v) is 20.8. The molecule has 10 heteroatoms. The van der Waals surface area contributed by atoms with Crippen LogP contribution in [0.3, 0.4) is 0 Å². The maximum atomic E-state index is 12.7. The van der Waals surface area contributed by atoms with E-state index in [4.69, 9.17) is 9.72 Å². The summed E-state index contributed by atoms with van der Waals surface area (Å²) >= 11 is 3.16. The molecular formula is C24H23N5O3S2. The third-order valence-corrected chi connectivity index (χ3v) is 8.36. The Morgan fingerprint density at radius 1 is 1.15 bits per heavy atom. The number of hydrogen-bond acceptors (Lipinski definition) is 8. The molecule has 0 radical (unpaired) electrons. The van der Waals surface area contributed by atoms with Crippen LogP contribution in [0, 0.1) is 0 Å². The summed E-state index contributed by atoms with van der Waals surface area (Å²) in [4.78, 5) is 33.8. The normalized spacial score (nSPS) is 17.1. The Hall–Kier alpha value is -2.82. The van der Waals surface area contributed by atoms with Crippen molar-refractivity contribution in [1.82, 2.24) is 24.5 Å². The number of fused-ring (bicyclic) bond motifs is 6. The second-order valence-electron chi connectivity index (χ2n) is 9.09. The van der Waals surface area contributed by atoms with Crippen LogP contribution in [0.5, 0.6) is 0 Å². The molecule has 34 heavy (non-hydrogen) atoms. The van der Waals surface area contributed by atoms with Crippen LogP contribution < -0.4 is 0 Å². The Kier molecular flexibility index (Phi) is 5.02. The van der Waals surface area contributed by atoms with Gasteiger partial charge in [-0.15, -0.1) is 21.5 Å². The van der Waals surface area contributed by atoms with Gasteiger partial charge in [-0.05, 0) is 31.5 Å². The summed E-state index contributed by atoms with van der Waals surface area (Å²) in [5, 5.41) is 10.8. The second-order valence-corrected chi connectivity index (χ2v) is 11.2. The fraction of sp³-hybridized carbons (Fsp3) is 0.375. The van der Waals surface area contributed by atoms with Crippen LogP contribution in [0.1, 0.15) is 57.8 Å². The molecule has 4 aromatic rings. The lowest BCUT2D eigenvalue weighted by molar-refractivity contribution is -0.0379. The Morgan fingerprint density at radius 3 is 2.59 bits per heavy atom. The van der Waals surface area contributed by atoms with Gasteiger partial charge in [-0.1, -0.05) is 30.8 Å². The number of amides is 2. The number of aromatic nitrogens is 4. The van der Waals surface area contributed by atoms with Gasteiger partial charge >= 0.3 is 0 Å². The van der Waals surface area contributed by atoms with Gasteiger partial charge in [0.05, 0.1) is 28.7 Å². The van der Waals surface area contributed by atoms with Gasteiger partial charge < -0.3 is 4.74 Å². The van der Waals surface area contributed by atoms with Crippen molar-refractivity contribution < 1.29 is 14.3 Å². The molecule has 0 N–H and O–H groups in total. The Balaban J connectivity index is 1.31. The molecule has 0 fully saturated rings. The largest absolute Gasteiger partial charge is 0.370 e. The van der Waals surface area contributed by atoms with E-state index in [1.165, 1.54) is 27.1 Å². The summed E-state index contributed by atoms with van der Waals surface area (Å²) in [6, 6.07) is 6.96. The lowest BCUT2D eigenvalue weighted by atomic mass is 9.94. The Labute approximate surface area is 204 Å². The molecule has 6 rings (SSSR count). The number of benzene rings is 1. The van der Waals surface area contributed by atoms with Gasteiger partial charge in [0.1, 0.15) is 10.7 Å². The summed E-state index contributed by atoms with van der Waals surface area (Å²) in [6.07, 6.45) is 1.54. The number of thiophene rings is 1. The van der Waals surface area contributed by atoms with Crippen LogP contribution in [0.25, 0.3) is 15.9 Å². The SMILES string of the molecule is CCc1nc2sc3c(c2c2nnc(SCCN4C(=O)c5ccccc5C4=O)n12)CC(C)(C)OC3. The molecule has 0 spiro atoms. The number of thioether (sulfide) groups is 1. The van der Waals surface area contributed by atoms with Crippen molar-refractivity contribution in [3.8, 4) is 0 Å². The average molecular weight is 494 g/mol. The standard InChI is InChI=1S/C24H23N5O3S2/c1-4-17-25-20-18(15-11-24(2,3)32-12-16(15)34-20)19-26-27-23(29(17)19)33-10-9-28-21(30)13-7-5-6-8-14(13)22(28)31/h5-8H,4,9-12H2,1-3H3. The summed E-state index contributed by atoms with van der Waals surface area (Å²) < 4.78 is 8.05. The minimum absolute atomic E-state index is 0.231. The van der Waals surface area contributed by atoms with Crippen molar-refractivity contribution in [3.63, 3.8) is 0 Å². The van der Waals surface area contributed by atoms with Gasteiger partial charge in [0, 0.05) is 30.0 Å². The number of carbonyl (C=O) groups excluding carboxylic acids is 2. The quantitative estimate of drug-likeness (QED) is 0.305. The summed E-state index contributed by atoms with van der Waals surface area (Å²) in [7, 11) is 0. The minimum Gasteiger partial charge on any atom is -0.370 e. The van der Waals surface area contributed by atoms with Crippen molar-refractivity contribution in [2.75, 3.05) is 12.3 Å². The van der Waals surface area contributed by atoms with Gasteiger partial charge in [-0.3, -0.25) is 18.9 Å². The van der Waals surface area contributed by atoms with E-state index in [9.17, 15) is 9.59 Å². The van der Waals surface area contributed by atoms with E-state index in [2.05, 4.69) is 31.0 Å². The average Bonchev–Trinajstić information content (AvgIpc) is 3.47. The molecule has 0 saturated heterocycles. The molecule has 0 saturated carbocycles. The predicted molar refractivity (Wildman–Crippen MR) is 131 cm³/mol. The van der Waals surface area contributed by atoms with E-state index in [1.54, 1.807) is 35.6 Å². The molecule has 0 bridgehead atoms. The van der Waals surface area contributed by atoms with Crippen LogP contribution in [0.2, 0.25) is 0 Å². The van der Waals surface area contributed by atoms with E-state index >= 15 is 0 Å². The second kappa shape index (κ2) is 7.86. The maximum absolute atomic E-state index is 12.7. The fourth-order valence-corrected chi connectivity index (χ4v) is 6.67. The molecule has 8 nitrogen and oxygen atoms in total. The van der Waals surface area contributed by atoms with E-state index in [-0.39, 0.29) is 17.4 Å². The summed E-state index contributed by atoms with van der Waals surface area (Å²) in [6.45, 7) is 7.18. The number of rotatable bonds is 5. The van der Waals surface area contributed by atoms with Gasteiger partial charge in [-0.25, -0.2) is 4.98 Å². The zero-order valence-electron chi connectivity index (χ0n) is 19.1. The first kappa shape index (κ1) is 21.7. The van der Waals surface area contributed by atoms with E-state index in [1.807, 2.05) is 4.40 Å². The number of ether oxygens (including phenoxy) is 1. The van der Waals surface area contributed by atoms with Crippen LogP contribution >= 0.6 is 23.1 Å². The number of aryl methyl sites for hydroxylation is 1. The maximum Gasteiger partial charge on any atom is 0.261 e. The van der Waals surface area contributed by atoms with Gasteiger partial charge in [0.15, 0.2) is 10.8 Å². The molecule has 2 amide bonds. The third kappa shape index (κ3) is 3.27. The molecule has 2 aliphatic heterocycles. The smallest absolute Gasteiger partial charge is 0.261 e. The van der Waals surface area contributed by atoms with Gasteiger partial charge in [0.2, 0.25) is 0 Å². The highest BCUT2D eigenvalue weighted by Crippen LogP contribution is 2.40. The molecule has 0 unspecified atom stereocenters. The highest BCUT2D eigenvalue weighted by atomic mass is 32.2. The molecule has 0 aliphatic carbocycles. The lowest BCUT2D eigenvalue weighted by Crippen LogP contribution is -2.31. The van der Waals surface area contributed by atoms with Crippen LogP contribution in [0.15, 0.2) is 29.4 Å². The number of carbonyl (C=O) groups is 2. The number of hydrogen-bond donors (Lipinski definition) is 0. The van der Waals surface area contributed by atoms with Crippen LogP contribution in [-0.4, -0.2) is 54.2 Å². The molecular weight excluding hydrogens is 470 g/mol. The number of imide groups is 1. The molecule has 5 heterocycles. The van der Waals surface area contributed by atoms with E-state index < -0.39 is 0 Å². The van der Waals surface area contributed by atoms with Gasteiger partial charge in [0.25, 0.3) is 11.8 Å². The van der Waals surface area contributed by atoms with Crippen LogP contribution in [-0.2, 0) is 24.2 Å². The van der Waals surface area contributed by atoms with E-state index in [0.29, 0.717) is 30.0 Å². The van der Waals surface area contributed by atoms with Crippen molar-refractivity contribution in [2.24, 2.45) is 0 Å². The Morgan fingerprint density at radius 2 is 1.88 bits per heavy atom. The van der Waals surface area contributed by atoms with Crippen molar-refractivity contribution in [3.05, 3.63) is 51.7 Å². The Bertz CT molecular complexity index is 1450. The highest BCUT2D eigenvalue weighted by molar-refractivity contribution is 7.99. The molecule has 0 atom stereocenters. The first-order chi connectivity index (χ1) is 16.4. The molecule has 3 aromatic heterocycles. The molecule has 2 aliphatic rings. The minimum atomic E-state index is -0.236.